The van der Waals surface area contributed by atoms with Crippen LogP contribution in [0.4, 0.5) is 4.39 Å². The fourth-order valence-corrected chi connectivity index (χ4v) is 2.75. The Balaban J connectivity index is 1.48. The van der Waals surface area contributed by atoms with Crippen LogP contribution in [0, 0.1) is 5.82 Å². The number of carbonyl (C=O) groups excluding carboxylic acids is 1. The minimum Gasteiger partial charge on any atom is -0.272 e. The van der Waals surface area contributed by atoms with Crippen molar-refractivity contribution in [2.24, 2.45) is 5.10 Å². The maximum atomic E-state index is 13.1. The van der Waals surface area contributed by atoms with Crippen molar-refractivity contribution in [2.75, 3.05) is 0 Å². The number of hydrazone groups is 1. The monoisotopic (exact) mass is 358 g/mol. The summed E-state index contributed by atoms with van der Waals surface area (Å²) in [6.45, 7) is 0. The highest BCUT2D eigenvalue weighted by Gasteiger charge is 2.10. The lowest BCUT2D eigenvalue weighted by Crippen LogP contribution is -2.18. The minimum atomic E-state index is -0.429. The van der Waals surface area contributed by atoms with Crippen LogP contribution in [0.3, 0.4) is 0 Å². The second kappa shape index (κ2) is 7.21. The third kappa shape index (κ3) is 3.74. The molecule has 0 saturated heterocycles. The first-order chi connectivity index (χ1) is 13.2. The van der Waals surface area contributed by atoms with Crippen LogP contribution in [0.5, 0.6) is 0 Å². The Hall–Kier alpha value is -3.80. The number of aromatic amines is 1. The molecule has 0 saturated carbocycles. The summed E-state index contributed by atoms with van der Waals surface area (Å²) in [5, 5.41) is 13.0. The highest BCUT2D eigenvalue weighted by Crippen LogP contribution is 2.23. The molecule has 4 aromatic rings. The topological polar surface area (TPSA) is 70.1 Å². The van der Waals surface area contributed by atoms with Gasteiger partial charge in [0.1, 0.15) is 11.5 Å². The van der Waals surface area contributed by atoms with E-state index in [0.29, 0.717) is 11.3 Å². The Kier molecular flexibility index (Phi) is 4.45. The Labute approximate surface area is 154 Å². The number of nitrogens with one attached hydrogen (secondary N) is 2. The molecule has 0 bridgehead atoms. The summed E-state index contributed by atoms with van der Waals surface area (Å²) in [6, 6.07) is 21.6. The number of aromatic nitrogens is 2. The number of hydrogen-bond donors (Lipinski definition) is 2. The zero-order valence-electron chi connectivity index (χ0n) is 14.2. The molecule has 1 aromatic heterocycles. The summed E-state index contributed by atoms with van der Waals surface area (Å²) in [5.41, 5.74) is 4.81. The predicted molar refractivity (Wildman–Crippen MR) is 103 cm³/mol. The molecular weight excluding hydrogens is 343 g/mol. The molecule has 132 valence electrons. The van der Waals surface area contributed by atoms with E-state index >= 15 is 0 Å². The maximum Gasteiger partial charge on any atom is 0.289 e. The van der Waals surface area contributed by atoms with Gasteiger partial charge in [0.15, 0.2) is 0 Å². The summed E-state index contributed by atoms with van der Waals surface area (Å²) >= 11 is 0. The molecule has 0 atom stereocenters. The van der Waals surface area contributed by atoms with Crippen LogP contribution in [0.1, 0.15) is 16.1 Å². The van der Waals surface area contributed by atoms with E-state index in [1.165, 1.54) is 18.3 Å². The predicted octanol–water partition coefficient (Wildman–Crippen LogP) is 4.13. The van der Waals surface area contributed by atoms with E-state index in [2.05, 4.69) is 20.7 Å². The Bertz CT molecular complexity index is 1150. The van der Waals surface area contributed by atoms with Crippen molar-refractivity contribution in [3.8, 4) is 11.3 Å². The van der Waals surface area contributed by atoms with Crippen LogP contribution in [0.25, 0.3) is 22.0 Å². The van der Waals surface area contributed by atoms with Crippen molar-refractivity contribution in [2.45, 2.75) is 0 Å². The molecular formula is C21H15FN4O. The van der Waals surface area contributed by atoms with Gasteiger partial charge in [-0.3, -0.25) is 9.89 Å². The van der Waals surface area contributed by atoms with Crippen LogP contribution in [-0.4, -0.2) is 22.3 Å². The van der Waals surface area contributed by atoms with Crippen LogP contribution in [-0.2, 0) is 0 Å². The van der Waals surface area contributed by atoms with Gasteiger partial charge in [0.2, 0.25) is 0 Å². The molecule has 6 heteroatoms. The third-order valence-corrected chi connectivity index (χ3v) is 4.10. The van der Waals surface area contributed by atoms with E-state index in [4.69, 9.17) is 0 Å². The number of rotatable bonds is 4. The lowest BCUT2D eigenvalue weighted by molar-refractivity contribution is 0.0950. The van der Waals surface area contributed by atoms with Gasteiger partial charge in [-0.15, -0.1) is 0 Å². The van der Waals surface area contributed by atoms with Gasteiger partial charge in [-0.05, 0) is 40.6 Å². The average Bonchev–Trinajstić information content (AvgIpc) is 3.18. The molecule has 0 radical (unpaired) electrons. The first-order valence-corrected chi connectivity index (χ1v) is 8.32. The highest BCUT2D eigenvalue weighted by atomic mass is 19.1. The summed E-state index contributed by atoms with van der Waals surface area (Å²) in [5.74, 6) is -0.791. The SMILES string of the molecule is O=C(N/N=C/c1cccc(F)c1)c1cc(-c2ccc3ccccc3c2)n[nH]1. The van der Waals surface area contributed by atoms with Crippen molar-refractivity contribution in [3.63, 3.8) is 0 Å². The Morgan fingerprint density at radius 3 is 2.70 bits per heavy atom. The number of benzene rings is 3. The first kappa shape index (κ1) is 16.7. The lowest BCUT2D eigenvalue weighted by Gasteiger charge is -2.00. The molecule has 0 unspecified atom stereocenters. The van der Waals surface area contributed by atoms with Gasteiger partial charge in [0.25, 0.3) is 5.91 Å². The molecule has 0 aliphatic carbocycles. The Morgan fingerprint density at radius 2 is 1.85 bits per heavy atom. The van der Waals surface area contributed by atoms with Crippen molar-refractivity contribution in [1.82, 2.24) is 15.6 Å². The van der Waals surface area contributed by atoms with Gasteiger partial charge in [-0.25, -0.2) is 9.82 Å². The molecule has 0 fully saturated rings. The molecule has 1 heterocycles. The molecule has 2 N–H and O–H groups in total. The maximum absolute atomic E-state index is 13.1. The summed E-state index contributed by atoms with van der Waals surface area (Å²) in [6.07, 6.45) is 1.38. The molecule has 0 aliphatic heterocycles. The van der Waals surface area contributed by atoms with E-state index in [9.17, 15) is 9.18 Å². The van der Waals surface area contributed by atoms with E-state index in [0.717, 1.165) is 16.3 Å². The smallest absolute Gasteiger partial charge is 0.272 e. The molecule has 3 aromatic carbocycles. The van der Waals surface area contributed by atoms with Gasteiger partial charge >= 0.3 is 0 Å². The minimum absolute atomic E-state index is 0.287. The second-order valence-electron chi connectivity index (χ2n) is 5.98. The van der Waals surface area contributed by atoms with Crippen LogP contribution in [0.2, 0.25) is 0 Å². The summed E-state index contributed by atoms with van der Waals surface area (Å²) in [7, 11) is 0. The number of nitrogens with zero attached hydrogens (tertiary/aromatic N) is 2. The van der Waals surface area contributed by atoms with Crippen LogP contribution in [0.15, 0.2) is 77.9 Å². The quantitative estimate of drug-likeness (QED) is 0.425. The first-order valence-electron chi connectivity index (χ1n) is 8.32. The number of halogens is 1. The van der Waals surface area contributed by atoms with E-state index < -0.39 is 5.91 Å². The van der Waals surface area contributed by atoms with E-state index in [1.807, 2.05) is 42.5 Å². The number of H-pyrrole nitrogens is 1. The molecule has 27 heavy (non-hydrogen) atoms. The molecule has 1 amide bonds. The van der Waals surface area contributed by atoms with Crippen LogP contribution >= 0.6 is 0 Å². The Morgan fingerprint density at radius 1 is 1.00 bits per heavy atom. The van der Waals surface area contributed by atoms with Crippen molar-refractivity contribution in [1.29, 1.82) is 0 Å². The zero-order valence-corrected chi connectivity index (χ0v) is 14.2. The molecule has 4 rings (SSSR count). The van der Waals surface area contributed by atoms with Gasteiger partial charge in [0, 0.05) is 5.56 Å². The molecule has 0 aliphatic rings. The van der Waals surface area contributed by atoms with Gasteiger partial charge in [0.05, 0.1) is 11.9 Å². The second-order valence-corrected chi connectivity index (χ2v) is 5.98. The van der Waals surface area contributed by atoms with E-state index in [1.54, 1.807) is 18.2 Å². The van der Waals surface area contributed by atoms with E-state index in [-0.39, 0.29) is 11.5 Å². The normalized spacial score (nSPS) is 11.1. The number of amides is 1. The number of hydrogen-bond acceptors (Lipinski definition) is 3. The van der Waals surface area contributed by atoms with Gasteiger partial charge in [-0.2, -0.15) is 10.2 Å². The highest BCUT2D eigenvalue weighted by molar-refractivity contribution is 5.94. The largest absolute Gasteiger partial charge is 0.289 e. The van der Waals surface area contributed by atoms with Crippen molar-refractivity contribution < 1.29 is 9.18 Å². The van der Waals surface area contributed by atoms with Gasteiger partial charge < -0.3 is 0 Å². The molecule has 5 nitrogen and oxygen atoms in total. The van der Waals surface area contributed by atoms with Crippen LogP contribution < -0.4 is 5.43 Å². The van der Waals surface area contributed by atoms with Gasteiger partial charge in [-0.1, -0.05) is 48.5 Å². The average molecular weight is 358 g/mol. The fraction of sp³-hybridized carbons (Fsp3) is 0. The summed E-state index contributed by atoms with van der Waals surface area (Å²) in [4.78, 5) is 12.2. The zero-order chi connectivity index (χ0) is 18.6. The number of carbonyl (C=O) groups is 1. The molecule has 0 spiro atoms. The lowest BCUT2D eigenvalue weighted by atomic mass is 10.1. The summed E-state index contributed by atoms with van der Waals surface area (Å²) < 4.78 is 13.1. The number of fused-ring (bicyclic) bond motifs is 1. The standard InChI is InChI=1S/C21H15FN4O/c22-18-7-3-4-14(10-18)13-23-26-21(27)20-12-19(24-25-20)17-9-8-15-5-1-2-6-16(15)11-17/h1-13H,(H,24,25)(H,26,27)/b23-13+. The van der Waals surface area contributed by atoms with Crippen molar-refractivity contribution >= 4 is 22.9 Å². The fourth-order valence-electron chi connectivity index (χ4n) is 2.75. The third-order valence-electron chi connectivity index (χ3n) is 4.10. The van der Waals surface area contributed by atoms with Crippen molar-refractivity contribution in [3.05, 3.63) is 89.9 Å².